The van der Waals surface area contributed by atoms with Gasteiger partial charge in [0.2, 0.25) is 11.8 Å². The van der Waals surface area contributed by atoms with Crippen LogP contribution in [-0.2, 0) is 22.4 Å². The number of ether oxygens (including phenoxy) is 2. The van der Waals surface area contributed by atoms with Crippen molar-refractivity contribution in [2.45, 2.75) is 24.9 Å². The minimum absolute atomic E-state index is 0.00237. The summed E-state index contributed by atoms with van der Waals surface area (Å²) in [5.41, 5.74) is 5.15. The monoisotopic (exact) mass is 495 g/mol. The average Bonchev–Trinajstić information content (AvgIpc) is 3.32. The lowest BCUT2D eigenvalue weighted by molar-refractivity contribution is -0.158. The number of aromatic nitrogens is 1. The molecule has 6 rings (SSSR count). The maximum absolute atomic E-state index is 13.9. The van der Waals surface area contributed by atoms with Crippen LogP contribution in [0.4, 0.5) is 0 Å². The van der Waals surface area contributed by atoms with Crippen LogP contribution in [0, 0.1) is 0 Å². The highest BCUT2D eigenvalue weighted by Gasteiger charge is 2.48. The van der Waals surface area contributed by atoms with Gasteiger partial charge in [0.1, 0.15) is 17.5 Å². The van der Waals surface area contributed by atoms with Gasteiger partial charge in [-0.2, -0.15) is 0 Å². The molecule has 0 saturated carbocycles. The van der Waals surface area contributed by atoms with E-state index in [0.29, 0.717) is 19.4 Å². The first-order valence-electron chi connectivity index (χ1n) is 12.5. The van der Waals surface area contributed by atoms with E-state index in [1.54, 1.807) is 24.0 Å². The third-order valence-electron chi connectivity index (χ3n) is 7.60. The highest BCUT2D eigenvalue weighted by Crippen LogP contribution is 2.42. The number of carbonyl (C=O) groups is 2. The number of nitrogens with one attached hydrogen (secondary N) is 1. The van der Waals surface area contributed by atoms with Crippen LogP contribution in [-0.4, -0.2) is 59.9 Å². The Hall–Kier alpha value is -4.26. The van der Waals surface area contributed by atoms with Gasteiger partial charge in [-0.3, -0.25) is 9.59 Å². The van der Waals surface area contributed by atoms with Crippen LogP contribution in [0.25, 0.3) is 10.9 Å². The Bertz CT molecular complexity index is 1460. The molecule has 0 spiro atoms. The normalized spacial score (nSPS) is 19.1. The summed E-state index contributed by atoms with van der Waals surface area (Å²) in [4.78, 5) is 34.6. The second kappa shape index (κ2) is 9.32. The number of piperazine rings is 1. The summed E-state index contributed by atoms with van der Waals surface area (Å²) < 4.78 is 10.6. The van der Waals surface area contributed by atoms with Crippen LogP contribution in [0.1, 0.15) is 28.4 Å². The molecule has 3 heterocycles. The maximum atomic E-state index is 13.9. The number of carbonyl (C=O) groups excluding carboxylic acids is 2. The lowest BCUT2D eigenvalue weighted by atomic mass is 9.86. The molecule has 188 valence electrons. The van der Waals surface area contributed by atoms with Crippen molar-refractivity contribution in [1.82, 2.24) is 14.8 Å². The van der Waals surface area contributed by atoms with Gasteiger partial charge in [0, 0.05) is 29.6 Å². The molecule has 7 heteroatoms. The summed E-state index contributed by atoms with van der Waals surface area (Å²) in [7, 11) is 3.27. The number of H-pyrrole nitrogens is 1. The molecule has 0 bridgehead atoms. The van der Waals surface area contributed by atoms with Crippen LogP contribution in [0.3, 0.4) is 0 Å². The van der Waals surface area contributed by atoms with Crippen molar-refractivity contribution < 1.29 is 19.1 Å². The summed E-state index contributed by atoms with van der Waals surface area (Å²) in [5, 5.41) is 1.10. The predicted octanol–water partition coefficient (Wildman–Crippen LogP) is 4.11. The average molecular weight is 496 g/mol. The van der Waals surface area contributed by atoms with Gasteiger partial charge in [-0.05, 0) is 53.4 Å². The molecule has 4 aromatic rings. The molecular weight excluding hydrogens is 466 g/mol. The second-order valence-corrected chi connectivity index (χ2v) is 9.62. The van der Waals surface area contributed by atoms with E-state index in [-0.39, 0.29) is 24.4 Å². The largest absolute Gasteiger partial charge is 0.497 e. The summed E-state index contributed by atoms with van der Waals surface area (Å²) in [6.45, 7) is 0.572. The Morgan fingerprint density at radius 3 is 2.27 bits per heavy atom. The topological polar surface area (TPSA) is 74.9 Å². The standard InChI is InChI=1S/C30H29N3O4/c1-36-21-11-7-19(8-12-21)15-16-32-18-27(34)33-26(30(32)35)17-24-23-5-3-4-6-25(23)31-28(24)29(33)20-9-13-22(37-2)14-10-20/h3-14,26,29,31H,15-18H2,1-2H3/t26-,29-/m0/s1. The fraction of sp³-hybridized carbons (Fsp3) is 0.267. The summed E-state index contributed by atoms with van der Waals surface area (Å²) in [6, 6.07) is 22.8. The van der Waals surface area contributed by atoms with Crippen LogP contribution < -0.4 is 9.47 Å². The molecule has 1 aromatic heterocycles. The zero-order valence-corrected chi connectivity index (χ0v) is 20.9. The lowest BCUT2D eigenvalue weighted by Crippen LogP contribution is -2.63. The van der Waals surface area contributed by atoms with E-state index < -0.39 is 6.04 Å². The number of hydrogen-bond donors (Lipinski definition) is 1. The molecule has 1 saturated heterocycles. The molecule has 2 aliphatic heterocycles. The number of benzene rings is 3. The van der Waals surface area contributed by atoms with E-state index in [1.807, 2.05) is 66.7 Å². The van der Waals surface area contributed by atoms with Crippen molar-refractivity contribution in [3.8, 4) is 11.5 Å². The maximum Gasteiger partial charge on any atom is 0.246 e. The molecule has 2 amide bonds. The SMILES string of the molecule is COc1ccc(CCN2CC(=O)N3[C@@H](c4ccc(OC)cc4)c4[nH]c5ccccc5c4C[C@H]3C2=O)cc1. The van der Waals surface area contributed by atoms with Crippen LogP contribution in [0.2, 0.25) is 0 Å². The van der Waals surface area contributed by atoms with Crippen LogP contribution >= 0.6 is 0 Å². The van der Waals surface area contributed by atoms with Gasteiger partial charge < -0.3 is 24.3 Å². The zero-order valence-electron chi connectivity index (χ0n) is 20.9. The van der Waals surface area contributed by atoms with Gasteiger partial charge in [-0.15, -0.1) is 0 Å². The highest BCUT2D eigenvalue weighted by atomic mass is 16.5. The number of rotatable bonds is 6. The molecule has 0 radical (unpaired) electrons. The van der Waals surface area contributed by atoms with Crippen molar-refractivity contribution in [1.29, 1.82) is 0 Å². The number of methoxy groups -OCH3 is 2. The molecule has 0 aliphatic carbocycles. The fourth-order valence-electron chi connectivity index (χ4n) is 5.70. The van der Waals surface area contributed by atoms with E-state index in [0.717, 1.165) is 44.8 Å². The van der Waals surface area contributed by atoms with Gasteiger partial charge in [-0.1, -0.05) is 42.5 Å². The minimum atomic E-state index is -0.545. The summed E-state index contributed by atoms with van der Waals surface area (Å²) in [5.74, 6) is 1.51. The van der Waals surface area contributed by atoms with Gasteiger partial charge in [-0.25, -0.2) is 0 Å². The van der Waals surface area contributed by atoms with Gasteiger partial charge in [0.05, 0.1) is 26.8 Å². The first kappa shape index (κ1) is 23.2. The molecule has 7 nitrogen and oxygen atoms in total. The van der Waals surface area contributed by atoms with Crippen molar-refractivity contribution in [2.75, 3.05) is 27.3 Å². The quantitative estimate of drug-likeness (QED) is 0.437. The molecule has 0 unspecified atom stereocenters. The second-order valence-electron chi connectivity index (χ2n) is 9.62. The third-order valence-corrected chi connectivity index (χ3v) is 7.60. The van der Waals surface area contributed by atoms with E-state index in [1.165, 1.54) is 0 Å². The number of aromatic amines is 1. The minimum Gasteiger partial charge on any atom is -0.497 e. The first-order chi connectivity index (χ1) is 18.1. The van der Waals surface area contributed by atoms with Crippen LogP contribution in [0.5, 0.6) is 11.5 Å². The molecule has 1 N–H and O–H groups in total. The van der Waals surface area contributed by atoms with Crippen LogP contribution in [0.15, 0.2) is 72.8 Å². The molecule has 2 aliphatic rings. The molecule has 3 aromatic carbocycles. The van der Waals surface area contributed by atoms with Crippen molar-refractivity contribution in [3.63, 3.8) is 0 Å². The first-order valence-corrected chi connectivity index (χ1v) is 12.5. The molecular formula is C30H29N3O4. The van der Waals surface area contributed by atoms with Gasteiger partial charge >= 0.3 is 0 Å². The van der Waals surface area contributed by atoms with Crippen molar-refractivity contribution >= 4 is 22.7 Å². The third kappa shape index (κ3) is 4.00. The smallest absolute Gasteiger partial charge is 0.246 e. The van der Waals surface area contributed by atoms with Crippen molar-refractivity contribution in [2.24, 2.45) is 0 Å². The molecule has 37 heavy (non-hydrogen) atoms. The Balaban J connectivity index is 1.35. The van der Waals surface area contributed by atoms with E-state index in [4.69, 9.17) is 9.47 Å². The summed E-state index contributed by atoms with van der Waals surface area (Å²) in [6.07, 6.45) is 1.17. The highest BCUT2D eigenvalue weighted by molar-refractivity contribution is 5.97. The Labute approximate surface area is 215 Å². The van der Waals surface area contributed by atoms with E-state index >= 15 is 0 Å². The number of amides is 2. The lowest BCUT2D eigenvalue weighted by Gasteiger charge is -2.47. The van der Waals surface area contributed by atoms with E-state index in [2.05, 4.69) is 11.1 Å². The Morgan fingerprint density at radius 1 is 0.892 bits per heavy atom. The van der Waals surface area contributed by atoms with Gasteiger partial charge in [0.25, 0.3) is 0 Å². The number of para-hydroxylation sites is 1. The number of fused-ring (bicyclic) bond motifs is 4. The number of nitrogens with zero attached hydrogens (tertiary/aromatic N) is 2. The van der Waals surface area contributed by atoms with Crippen molar-refractivity contribution in [3.05, 3.63) is 95.2 Å². The predicted molar refractivity (Wildman–Crippen MR) is 141 cm³/mol. The molecule has 2 atom stereocenters. The molecule has 1 fully saturated rings. The Kier molecular flexibility index (Phi) is 5.83. The van der Waals surface area contributed by atoms with Gasteiger partial charge in [0.15, 0.2) is 0 Å². The Morgan fingerprint density at radius 2 is 1.57 bits per heavy atom. The zero-order chi connectivity index (χ0) is 25.5. The fourth-order valence-corrected chi connectivity index (χ4v) is 5.70. The summed E-state index contributed by atoms with van der Waals surface area (Å²) >= 11 is 0. The number of hydrogen-bond acceptors (Lipinski definition) is 4. The van der Waals surface area contributed by atoms with E-state index in [9.17, 15) is 9.59 Å².